The molecule has 36 heavy (non-hydrogen) atoms. The summed E-state index contributed by atoms with van der Waals surface area (Å²) in [6.45, 7) is 0. The van der Waals surface area contributed by atoms with E-state index in [1.165, 1.54) is 32.0 Å². The number of rotatable bonds is 9. The molecule has 0 amide bonds. The Morgan fingerprint density at radius 2 is 1.56 bits per heavy atom. The number of nitrogens with one attached hydrogen (secondary N) is 1. The molecule has 4 rings (SSSR count). The third-order valence-corrected chi connectivity index (χ3v) is 5.65. The van der Waals surface area contributed by atoms with Crippen LogP contribution >= 0.6 is 0 Å². The Hall–Kier alpha value is -4.72. The van der Waals surface area contributed by atoms with Crippen molar-refractivity contribution in [3.8, 4) is 39.9 Å². The molecule has 0 saturated carbocycles. The van der Waals surface area contributed by atoms with Gasteiger partial charge in [-0.2, -0.15) is 0 Å². The molecule has 0 bridgehead atoms. The number of hydrogen-bond donors (Lipinski definition) is 1. The van der Waals surface area contributed by atoms with Gasteiger partial charge in [0, 0.05) is 17.3 Å². The van der Waals surface area contributed by atoms with E-state index in [0.29, 0.717) is 39.8 Å². The normalized spacial score (nSPS) is 10.9. The van der Waals surface area contributed by atoms with E-state index in [-0.39, 0.29) is 11.5 Å². The number of H-pyrrole nitrogens is 1. The lowest BCUT2D eigenvalue weighted by molar-refractivity contribution is 0.104. The van der Waals surface area contributed by atoms with Gasteiger partial charge in [0.2, 0.25) is 5.75 Å². The average Bonchev–Trinajstić information content (AvgIpc) is 3.32. The second-order valence-corrected chi connectivity index (χ2v) is 7.78. The Bertz CT molecular complexity index is 1440. The quantitative estimate of drug-likeness (QED) is 0.271. The van der Waals surface area contributed by atoms with Gasteiger partial charge in [0.15, 0.2) is 17.3 Å². The highest BCUT2D eigenvalue weighted by molar-refractivity contribution is 6.07. The molecule has 0 spiro atoms. The van der Waals surface area contributed by atoms with E-state index in [1.54, 1.807) is 55.8 Å². The average molecular weight is 487 g/mol. The van der Waals surface area contributed by atoms with Crippen molar-refractivity contribution in [2.24, 2.45) is 0 Å². The first-order valence-corrected chi connectivity index (χ1v) is 11.1. The first-order valence-electron chi connectivity index (χ1n) is 11.1. The number of carbonyl (C=O) groups is 1. The molecule has 184 valence electrons. The summed E-state index contributed by atoms with van der Waals surface area (Å²) in [6, 6.07) is 17.8. The molecular weight excluding hydrogens is 460 g/mol. The van der Waals surface area contributed by atoms with Crippen LogP contribution in [0.25, 0.3) is 23.0 Å². The molecule has 0 aliphatic rings. The van der Waals surface area contributed by atoms with E-state index in [0.717, 1.165) is 11.3 Å². The number of nitrogens with zero attached hydrogens (tertiary/aromatic N) is 1. The van der Waals surface area contributed by atoms with Crippen LogP contribution in [0.5, 0.6) is 23.0 Å². The number of carbonyl (C=O) groups excluding carboxylic acids is 1. The highest BCUT2D eigenvalue weighted by Gasteiger charge is 2.16. The van der Waals surface area contributed by atoms with Gasteiger partial charge in [-0.1, -0.05) is 30.3 Å². The lowest BCUT2D eigenvalue weighted by Crippen LogP contribution is -2.14. The first kappa shape index (κ1) is 24.4. The summed E-state index contributed by atoms with van der Waals surface area (Å²) in [7, 11) is 6.19. The second-order valence-electron chi connectivity index (χ2n) is 7.78. The fourth-order valence-corrected chi connectivity index (χ4v) is 3.76. The van der Waals surface area contributed by atoms with E-state index in [2.05, 4.69) is 4.98 Å². The Kier molecular flexibility index (Phi) is 7.25. The summed E-state index contributed by atoms with van der Waals surface area (Å²) < 4.78 is 22.8. The second kappa shape index (κ2) is 10.7. The van der Waals surface area contributed by atoms with E-state index in [9.17, 15) is 9.59 Å². The van der Waals surface area contributed by atoms with Crippen LogP contribution in [-0.2, 0) is 0 Å². The van der Waals surface area contributed by atoms with Crippen molar-refractivity contribution in [1.29, 1.82) is 0 Å². The number of imidazole rings is 1. The van der Waals surface area contributed by atoms with Crippen LogP contribution in [0, 0.1) is 0 Å². The molecule has 1 aromatic heterocycles. The number of aromatic amines is 1. The minimum atomic E-state index is -0.350. The highest BCUT2D eigenvalue weighted by atomic mass is 16.5. The number of benzene rings is 3. The van der Waals surface area contributed by atoms with Crippen LogP contribution in [0.3, 0.4) is 0 Å². The summed E-state index contributed by atoms with van der Waals surface area (Å²) in [4.78, 5) is 28.4. The molecule has 0 fully saturated rings. The van der Waals surface area contributed by atoms with Gasteiger partial charge in [0.1, 0.15) is 5.75 Å². The molecule has 0 aliphatic carbocycles. The van der Waals surface area contributed by atoms with Gasteiger partial charge in [-0.3, -0.25) is 9.36 Å². The molecule has 1 N–H and O–H groups in total. The maximum atomic E-state index is 12.8. The van der Waals surface area contributed by atoms with Crippen molar-refractivity contribution in [3.05, 3.63) is 94.5 Å². The third-order valence-electron chi connectivity index (χ3n) is 5.65. The van der Waals surface area contributed by atoms with E-state index in [4.69, 9.17) is 18.9 Å². The zero-order valence-electron chi connectivity index (χ0n) is 20.4. The zero-order chi connectivity index (χ0) is 25.7. The van der Waals surface area contributed by atoms with Crippen molar-refractivity contribution >= 4 is 11.9 Å². The van der Waals surface area contributed by atoms with Gasteiger partial charge in [0.05, 0.1) is 39.8 Å². The number of aromatic nitrogens is 2. The Morgan fingerprint density at radius 1 is 0.861 bits per heavy atom. The van der Waals surface area contributed by atoms with Gasteiger partial charge in [-0.15, -0.1) is 0 Å². The van der Waals surface area contributed by atoms with Crippen molar-refractivity contribution in [2.45, 2.75) is 0 Å². The fourth-order valence-electron chi connectivity index (χ4n) is 3.76. The summed E-state index contributed by atoms with van der Waals surface area (Å²) >= 11 is 0. The Balaban J connectivity index is 1.63. The zero-order valence-corrected chi connectivity index (χ0v) is 20.4. The van der Waals surface area contributed by atoms with Crippen molar-refractivity contribution < 1.29 is 23.7 Å². The standard InChI is InChI=1S/C28H26N2O6/c1-33-22-11-8-18(9-12-22)10-13-24(31)19-6-5-7-21(14-19)30-17-23(29-28(30)32)20-15-25(34-2)27(36-4)26(16-20)35-3/h5-17H,1-4H3,(H,29,32). The molecule has 0 aliphatic heterocycles. The van der Waals surface area contributed by atoms with Gasteiger partial charge >= 0.3 is 5.69 Å². The van der Waals surface area contributed by atoms with Crippen molar-refractivity contribution in [3.63, 3.8) is 0 Å². The van der Waals surface area contributed by atoms with Crippen LogP contribution in [0.1, 0.15) is 15.9 Å². The largest absolute Gasteiger partial charge is 0.497 e. The maximum Gasteiger partial charge on any atom is 0.330 e. The van der Waals surface area contributed by atoms with Crippen LogP contribution in [0.4, 0.5) is 0 Å². The lowest BCUT2D eigenvalue weighted by atomic mass is 10.1. The monoisotopic (exact) mass is 486 g/mol. The van der Waals surface area contributed by atoms with E-state index < -0.39 is 0 Å². The number of ketones is 1. The summed E-state index contributed by atoms with van der Waals surface area (Å²) in [5, 5.41) is 0. The minimum Gasteiger partial charge on any atom is -0.497 e. The lowest BCUT2D eigenvalue weighted by Gasteiger charge is -2.13. The molecular formula is C28H26N2O6. The van der Waals surface area contributed by atoms with Crippen LogP contribution < -0.4 is 24.6 Å². The molecule has 3 aromatic carbocycles. The number of ether oxygens (including phenoxy) is 4. The molecule has 1 heterocycles. The van der Waals surface area contributed by atoms with Gasteiger partial charge < -0.3 is 23.9 Å². The van der Waals surface area contributed by atoms with Gasteiger partial charge in [-0.05, 0) is 48.0 Å². The van der Waals surface area contributed by atoms with E-state index >= 15 is 0 Å². The van der Waals surface area contributed by atoms with Crippen LogP contribution in [0.2, 0.25) is 0 Å². The van der Waals surface area contributed by atoms with E-state index in [1.807, 2.05) is 24.3 Å². The molecule has 0 atom stereocenters. The highest BCUT2D eigenvalue weighted by Crippen LogP contribution is 2.40. The number of allylic oxidation sites excluding steroid dienone is 1. The Morgan fingerprint density at radius 3 is 2.17 bits per heavy atom. The predicted octanol–water partition coefficient (Wildman–Crippen LogP) is 4.76. The van der Waals surface area contributed by atoms with Crippen LogP contribution in [0.15, 0.2) is 77.7 Å². The molecule has 0 radical (unpaired) electrons. The SMILES string of the molecule is COc1ccc(C=CC(=O)c2cccc(-n3cc(-c4cc(OC)c(OC)c(OC)c4)[nH]c3=O)c2)cc1. The number of hydrogen-bond acceptors (Lipinski definition) is 6. The molecule has 8 nitrogen and oxygen atoms in total. The van der Waals surface area contributed by atoms with Crippen LogP contribution in [-0.4, -0.2) is 43.8 Å². The smallest absolute Gasteiger partial charge is 0.330 e. The molecule has 0 unspecified atom stereocenters. The third kappa shape index (κ3) is 5.02. The first-order chi connectivity index (χ1) is 17.5. The minimum absolute atomic E-state index is 0.180. The van der Waals surface area contributed by atoms with Gasteiger partial charge in [0.25, 0.3) is 0 Å². The van der Waals surface area contributed by atoms with Crippen molar-refractivity contribution in [2.75, 3.05) is 28.4 Å². The Labute approximate surface area is 208 Å². The fraction of sp³-hybridized carbons (Fsp3) is 0.143. The molecule has 4 aromatic rings. The van der Waals surface area contributed by atoms with Gasteiger partial charge in [-0.25, -0.2) is 4.79 Å². The topological polar surface area (TPSA) is 91.8 Å². The predicted molar refractivity (Wildman–Crippen MR) is 138 cm³/mol. The maximum absolute atomic E-state index is 12.8. The molecule has 8 heteroatoms. The summed E-state index contributed by atoms with van der Waals surface area (Å²) in [5.74, 6) is 1.96. The number of methoxy groups -OCH3 is 4. The van der Waals surface area contributed by atoms with Crippen molar-refractivity contribution in [1.82, 2.24) is 9.55 Å². The summed E-state index contributed by atoms with van der Waals surface area (Å²) in [5.41, 5.74) is 2.76. The summed E-state index contributed by atoms with van der Waals surface area (Å²) in [6.07, 6.45) is 4.90. The molecule has 0 saturated heterocycles.